The molecule has 3 aliphatic rings. The van der Waals surface area contributed by atoms with E-state index in [2.05, 4.69) is 21.4 Å². The quantitative estimate of drug-likeness (QED) is 0.398. The lowest BCUT2D eigenvalue weighted by molar-refractivity contribution is -0.117. The second-order valence-corrected chi connectivity index (χ2v) is 10.7. The van der Waals surface area contributed by atoms with Crippen LogP contribution in [0.15, 0.2) is 55.0 Å². The fourth-order valence-electron chi connectivity index (χ4n) is 5.40. The van der Waals surface area contributed by atoms with Crippen LogP contribution >= 0.6 is 11.6 Å². The average Bonchev–Trinajstić information content (AvgIpc) is 3.81. The maximum atomic E-state index is 12.9. The number of nitrogens with one attached hydrogen (secondary N) is 1. The van der Waals surface area contributed by atoms with E-state index < -0.39 is 6.10 Å². The Kier molecular flexibility index (Phi) is 5.37. The summed E-state index contributed by atoms with van der Waals surface area (Å²) >= 11 is 6.12. The molecule has 3 fully saturated rings. The van der Waals surface area contributed by atoms with Gasteiger partial charge in [0.05, 0.1) is 29.7 Å². The van der Waals surface area contributed by atoms with Gasteiger partial charge in [0.25, 0.3) is 0 Å². The number of halogens is 1. The Hall–Kier alpha value is -3.56. The monoisotopic (exact) mass is 515 g/mol. The maximum Gasteiger partial charge on any atom is 0.229 e. The molecule has 7 rings (SSSR count). The topological polar surface area (TPSA) is 109 Å². The minimum absolute atomic E-state index is 0.0643. The fourth-order valence-corrected chi connectivity index (χ4v) is 5.60. The molecule has 1 amide bonds. The first-order valence-corrected chi connectivity index (χ1v) is 13.1. The van der Waals surface area contributed by atoms with E-state index in [1.807, 2.05) is 45.9 Å². The van der Waals surface area contributed by atoms with Gasteiger partial charge >= 0.3 is 0 Å². The minimum Gasteiger partial charge on any atom is -0.391 e. The van der Waals surface area contributed by atoms with E-state index in [9.17, 15) is 9.90 Å². The summed E-state index contributed by atoms with van der Waals surface area (Å²) in [5, 5.41) is 18.9. The van der Waals surface area contributed by atoms with Crippen molar-refractivity contribution in [2.24, 2.45) is 5.92 Å². The number of benzene rings is 1. The highest BCUT2D eigenvalue weighted by molar-refractivity contribution is 6.30. The molecule has 1 aromatic carbocycles. The van der Waals surface area contributed by atoms with Gasteiger partial charge in [-0.2, -0.15) is 5.10 Å². The molecule has 0 radical (unpaired) electrons. The summed E-state index contributed by atoms with van der Waals surface area (Å²) in [6, 6.07) is 13.3. The maximum absolute atomic E-state index is 12.9. The highest BCUT2D eigenvalue weighted by atomic mass is 35.5. The molecule has 4 atom stereocenters. The third kappa shape index (κ3) is 4.42. The number of anilines is 2. The summed E-state index contributed by atoms with van der Waals surface area (Å²) in [6.45, 7) is 0.420. The Morgan fingerprint density at radius 1 is 1.08 bits per heavy atom. The number of fused-ring (bicyclic) bond motifs is 1. The molecule has 2 aliphatic carbocycles. The van der Waals surface area contributed by atoms with E-state index in [1.165, 1.54) is 19.2 Å². The van der Waals surface area contributed by atoms with Gasteiger partial charge in [-0.3, -0.25) is 4.79 Å². The first-order chi connectivity index (χ1) is 18.0. The molecule has 4 heterocycles. The van der Waals surface area contributed by atoms with Gasteiger partial charge in [-0.25, -0.2) is 19.5 Å². The molecule has 3 aromatic heterocycles. The largest absolute Gasteiger partial charge is 0.391 e. The highest BCUT2D eigenvalue weighted by Crippen LogP contribution is 2.48. The molecule has 0 unspecified atom stereocenters. The number of β-amino-alcohol motifs (C(OH)–C–C–N with tert-alkyl or cyclic N) is 1. The average molecular weight is 516 g/mol. The van der Waals surface area contributed by atoms with Gasteiger partial charge in [0.1, 0.15) is 18.0 Å². The van der Waals surface area contributed by atoms with E-state index in [-0.39, 0.29) is 23.8 Å². The summed E-state index contributed by atoms with van der Waals surface area (Å²) in [5.41, 5.74) is 3.80. The van der Waals surface area contributed by atoms with Crippen molar-refractivity contribution in [1.29, 1.82) is 0 Å². The summed E-state index contributed by atoms with van der Waals surface area (Å²) < 4.78 is 1.84. The van der Waals surface area contributed by atoms with Crippen molar-refractivity contribution in [2.75, 3.05) is 16.8 Å². The van der Waals surface area contributed by atoms with Crippen LogP contribution in [0.25, 0.3) is 5.65 Å². The van der Waals surface area contributed by atoms with Gasteiger partial charge in [0.15, 0.2) is 5.65 Å². The van der Waals surface area contributed by atoms with Gasteiger partial charge in [-0.05, 0) is 55.0 Å². The van der Waals surface area contributed by atoms with Crippen LogP contribution in [0.4, 0.5) is 11.6 Å². The number of carbonyl (C=O) groups is 1. The molecular formula is C27H26ClN7O2. The van der Waals surface area contributed by atoms with Gasteiger partial charge < -0.3 is 15.3 Å². The molecule has 4 aromatic rings. The van der Waals surface area contributed by atoms with E-state index in [0.717, 1.165) is 29.0 Å². The normalized spacial score (nSPS) is 25.0. The summed E-state index contributed by atoms with van der Waals surface area (Å²) in [4.78, 5) is 28.5. The van der Waals surface area contributed by atoms with E-state index in [1.54, 1.807) is 6.07 Å². The Bertz CT molecular complexity index is 1500. The Morgan fingerprint density at radius 3 is 2.81 bits per heavy atom. The van der Waals surface area contributed by atoms with Gasteiger partial charge in [0, 0.05) is 35.9 Å². The van der Waals surface area contributed by atoms with E-state index >= 15 is 0 Å². The molecule has 2 N–H and O–H groups in total. The number of nitrogens with zero attached hydrogens (tertiary/aromatic N) is 6. The molecule has 37 heavy (non-hydrogen) atoms. The molecular weight excluding hydrogens is 490 g/mol. The van der Waals surface area contributed by atoms with Crippen molar-refractivity contribution < 1.29 is 9.90 Å². The van der Waals surface area contributed by atoms with Crippen molar-refractivity contribution in [3.05, 3.63) is 77.0 Å². The zero-order chi connectivity index (χ0) is 25.1. The second kappa shape index (κ2) is 8.78. The van der Waals surface area contributed by atoms with Crippen molar-refractivity contribution in [3.8, 4) is 0 Å². The summed E-state index contributed by atoms with van der Waals surface area (Å²) in [5.74, 6) is 1.64. The first kappa shape index (κ1) is 22.6. The Labute approximate surface area is 218 Å². The summed E-state index contributed by atoms with van der Waals surface area (Å²) in [6.07, 6.45) is 6.59. The zero-order valence-corrected chi connectivity index (χ0v) is 20.8. The van der Waals surface area contributed by atoms with E-state index in [0.29, 0.717) is 35.5 Å². The molecule has 10 heteroatoms. The lowest BCUT2D eigenvalue weighted by atomic mass is 10.1. The number of rotatable bonds is 6. The number of aromatic nitrogens is 5. The van der Waals surface area contributed by atoms with Crippen LogP contribution in [0.2, 0.25) is 5.02 Å². The Morgan fingerprint density at radius 2 is 1.97 bits per heavy atom. The SMILES string of the molecule is O=C(Nc1cc(N2C[C@@H](O)C[C@@H]2c2cn3nc(C4CC4)ccc3n2)ncn1)[C@H]1C[C@@H]1c1cccc(Cl)c1. The molecule has 2 saturated carbocycles. The van der Waals surface area contributed by atoms with Gasteiger partial charge in [-0.15, -0.1) is 0 Å². The van der Waals surface area contributed by atoms with Gasteiger partial charge in [0.2, 0.25) is 5.91 Å². The molecule has 0 bridgehead atoms. The van der Waals surface area contributed by atoms with Crippen LogP contribution in [-0.2, 0) is 4.79 Å². The number of carbonyl (C=O) groups excluding carboxylic acids is 1. The van der Waals surface area contributed by atoms with Crippen LogP contribution in [0, 0.1) is 5.92 Å². The van der Waals surface area contributed by atoms with E-state index in [4.69, 9.17) is 21.7 Å². The number of hydrogen-bond donors (Lipinski definition) is 2. The van der Waals surface area contributed by atoms with Crippen LogP contribution in [0.1, 0.15) is 60.5 Å². The van der Waals surface area contributed by atoms with Crippen LogP contribution in [0.5, 0.6) is 0 Å². The summed E-state index contributed by atoms with van der Waals surface area (Å²) in [7, 11) is 0. The molecule has 0 spiro atoms. The number of hydrogen-bond acceptors (Lipinski definition) is 7. The highest BCUT2D eigenvalue weighted by Gasteiger charge is 2.44. The van der Waals surface area contributed by atoms with Crippen molar-refractivity contribution in [2.45, 2.75) is 49.7 Å². The number of aliphatic hydroxyl groups is 1. The zero-order valence-electron chi connectivity index (χ0n) is 20.0. The number of aliphatic hydroxyl groups excluding tert-OH is 1. The first-order valence-electron chi connectivity index (χ1n) is 12.7. The van der Waals surface area contributed by atoms with Crippen LogP contribution in [-0.4, -0.2) is 48.2 Å². The Balaban J connectivity index is 1.09. The fraction of sp³-hybridized carbons (Fsp3) is 0.370. The molecule has 9 nitrogen and oxygen atoms in total. The van der Waals surface area contributed by atoms with Crippen molar-refractivity contribution in [1.82, 2.24) is 24.6 Å². The number of imidazole rings is 1. The molecule has 1 saturated heterocycles. The number of amides is 1. The smallest absolute Gasteiger partial charge is 0.229 e. The van der Waals surface area contributed by atoms with Crippen LogP contribution < -0.4 is 10.2 Å². The molecule has 1 aliphatic heterocycles. The predicted octanol–water partition coefficient (Wildman–Crippen LogP) is 4.10. The minimum atomic E-state index is -0.511. The third-order valence-corrected chi connectivity index (χ3v) is 7.81. The van der Waals surface area contributed by atoms with Crippen LogP contribution in [0.3, 0.4) is 0 Å². The lowest BCUT2D eigenvalue weighted by Gasteiger charge is -2.24. The van der Waals surface area contributed by atoms with Crippen molar-refractivity contribution in [3.63, 3.8) is 0 Å². The predicted molar refractivity (Wildman–Crippen MR) is 139 cm³/mol. The van der Waals surface area contributed by atoms with Crippen molar-refractivity contribution >= 4 is 34.8 Å². The second-order valence-electron chi connectivity index (χ2n) is 10.3. The third-order valence-electron chi connectivity index (χ3n) is 7.58. The van der Waals surface area contributed by atoms with Gasteiger partial charge in [-0.1, -0.05) is 23.7 Å². The lowest BCUT2D eigenvalue weighted by Crippen LogP contribution is -2.26. The standard InChI is InChI=1S/C27H26ClN7O2/c28-17-3-1-2-16(8-17)19-10-20(19)27(37)32-24-11-26(30-14-29-24)34-12-18(36)9-23(34)22-13-35-25(31-22)7-6-21(33-35)15-4-5-15/h1-3,6-8,11,13-15,18-20,23,36H,4-5,9-10,12H2,(H,29,30,32,37)/t18-,19+,20-,23+/m0/s1. The molecule has 188 valence electrons.